The second kappa shape index (κ2) is 6.92. The van der Waals surface area contributed by atoms with E-state index in [9.17, 15) is 9.18 Å². The van der Waals surface area contributed by atoms with Crippen LogP contribution in [0, 0.1) is 5.82 Å². The molecule has 2 heterocycles. The molecule has 0 saturated carbocycles. The molecule has 0 N–H and O–H groups in total. The predicted molar refractivity (Wildman–Crippen MR) is 99.1 cm³/mol. The Morgan fingerprint density at radius 3 is 2.42 bits per heavy atom. The molecule has 0 radical (unpaired) electrons. The van der Waals surface area contributed by atoms with Gasteiger partial charge < -0.3 is 4.90 Å². The SMILES string of the molecule is O=C(c1cc(-c2ccccc2Cl)nn1-c1ccc(F)cc1)N1CCCC1. The van der Waals surface area contributed by atoms with E-state index in [1.807, 2.05) is 23.1 Å². The fraction of sp³-hybridized carbons (Fsp3) is 0.200. The van der Waals surface area contributed by atoms with E-state index < -0.39 is 0 Å². The Hall–Kier alpha value is -2.66. The topological polar surface area (TPSA) is 38.1 Å². The third-order valence-corrected chi connectivity index (χ3v) is 4.87. The van der Waals surface area contributed by atoms with Crippen molar-refractivity contribution in [1.29, 1.82) is 0 Å². The third kappa shape index (κ3) is 3.10. The van der Waals surface area contributed by atoms with Gasteiger partial charge in [-0.05, 0) is 49.2 Å². The molecule has 1 aliphatic rings. The van der Waals surface area contributed by atoms with Crippen LogP contribution in [0.3, 0.4) is 0 Å². The van der Waals surface area contributed by atoms with E-state index in [-0.39, 0.29) is 11.7 Å². The summed E-state index contributed by atoms with van der Waals surface area (Å²) in [4.78, 5) is 14.8. The Bertz CT molecular complexity index is 946. The molecule has 2 aromatic carbocycles. The summed E-state index contributed by atoms with van der Waals surface area (Å²) in [6, 6.07) is 15.1. The van der Waals surface area contributed by atoms with Gasteiger partial charge in [-0.3, -0.25) is 4.79 Å². The van der Waals surface area contributed by atoms with Crippen LogP contribution in [0.1, 0.15) is 23.3 Å². The van der Waals surface area contributed by atoms with Crippen molar-refractivity contribution in [3.05, 3.63) is 71.1 Å². The van der Waals surface area contributed by atoms with E-state index in [0.29, 0.717) is 22.1 Å². The summed E-state index contributed by atoms with van der Waals surface area (Å²) in [6.45, 7) is 1.49. The average Bonchev–Trinajstić information content (AvgIpc) is 3.32. The summed E-state index contributed by atoms with van der Waals surface area (Å²) in [5, 5.41) is 5.16. The normalized spacial score (nSPS) is 14.0. The molecule has 1 aromatic heterocycles. The summed E-state index contributed by atoms with van der Waals surface area (Å²) < 4.78 is 14.9. The summed E-state index contributed by atoms with van der Waals surface area (Å²) in [6.07, 6.45) is 2.02. The lowest BCUT2D eigenvalue weighted by Crippen LogP contribution is -2.29. The number of rotatable bonds is 3. The molecule has 4 nitrogen and oxygen atoms in total. The highest BCUT2D eigenvalue weighted by Gasteiger charge is 2.25. The molecule has 0 aliphatic carbocycles. The smallest absolute Gasteiger partial charge is 0.272 e. The van der Waals surface area contributed by atoms with Crippen molar-refractivity contribution in [2.75, 3.05) is 13.1 Å². The van der Waals surface area contributed by atoms with E-state index in [2.05, 4.69) is 5.10 Å². The standard InChI is InChI=1S/C20H17ClFN3O/c21-17-6-2-1-5-16(17)18-13-19(20(26)24-11-3-4-12-24)25(23-18)15-9-7-14(22)8-10-15/h1-2,5-10,13H,3-4,11-12H2. The summed E-state index contributed by atoms with van der Waals surface area (Å²) in [7, 11) is 0. The quantitative estimate of drug-likeness (QED) is 0.678. The lowest BCUT2D eigenvalue weighted by Gasteiger charge is -2.16. The van der Waals surface area contributed by atoms with Gasteiger partial charge in [-0.1, -0.05) is 29.8 Å². The van der Waals surface area contributed by atoms with Gasteiger partial charge >= 0.3 is 0 Å². The Balaban J connectivity index is 1.83. The maximum absolute atomic E-state index is 13.3. The molecule has 0 bridgehead atoms. The van der Waals surface area contributed by atoms with Gasteiger partial charge in [0.15, 0.2) is 0 Å². The molecule has 1 fully saturated rings. The fourth-order valence-corrected chi connectivity index (χ4v) is 3.43. The van der Waals surface area contributed by atoms with Gasteiger partial charge in [0.1, 0.15) is 11.5 Å². The van der Waals surface area contributed by atoms with Gasteiger partial charge in [0.25, 0.3) is 5.91 Å². The number of carbonyl (C=O) groups is 1. The summed E-state index contributed by atoms with van der Waals surface area (Å²) >= 11 is 6.30. The van der Waals surface area contributed by atoms with Crippen LogP contribution in [0.4, 0.5) is 4.39 Å². The Morgan fingerprint density at radius 2 is 1.73 bits per heavy atom. The van der Waals surface area contributed by atoms with Crippen molar-refractivity contribution in [2.24, 2.45) is 0 Å². The van der Waals surface area contributed by atoms with Gasteiger partial charge in [-0.2, -0.15) is 5.10 Å². The largest absolute Gasteiger partial charge is 0.337 e. The maximum Gasteiger partial charge on any atom is 0.272 e. The molecule has 132 valence electrons. The molecule has 3 aromatic rings. The van der Waals surface area contributed by atoms with Gasteiger partial charge in [0.05, 0.1) is 16.4 Å². The lowest BCUT2D eigenvalue weighted by molar-refractivity contribution is 0.0784. The first-order chi connectivity index (χ1) is 12.6. The first-order valence-electron chi connectivity index (χ1n) is 8.54. The van der Waals surface area contributed by atoms with Crippen molar-refractivity contribution < 1.29 is 9.18 Å². The van der Waals surface area contributed by atoms with Crippen LogP contribution in [-0.2, 0) is 0 Å². The van der Waals surface area contributed by atoms with Crippen molar-refractivity contribution in [3.8, 4) is 16.9 Å². The number of hydrogen-bond acceptors (Lipinski definition) is 2. The van der Waals surface area contributed by atoms with Crippen molar-refractivity contribution in [1.82, 2.24) is 14.7 Å². The predicted octanol–water partition coefficient (Wildman–Crippen LogP) is 4.57. The number of nitrogens with zero attached hydrogens (tertiary/aromatic N) is 3. The molecule has 1 amide bonds. The molecule has 0 spiro atoms. The number of benzene rings is 2. The number of hydrogen-bond donors (Lipinski definition) is 0. The second-order valence-corrected chi connectivity index (χ2v) is 6.69. The third-order valence-electron chi connectivity index (χ3n) is 4.54. The molecular weight excluding hydrogens is 353 g/mol. The van der Waals surface area contributed by atoms with Gasteiger partial charge in [-0.25, -0.2) is 9.07 Å². The second-order valence-electron chi connectivity index (χ2n) is 6.28. The number of halogens is 2. The first-order valence-corrected chi connectivity index (χ1v) is 8.91. The lowest BCUT2D eigenvalue weighted by atomic mass is 10.1. The molecule has 1 saturated heterocycles. The van der Waals surface area contributed by atoms with Crippen LogP contribution < -0.4 is 0 Å². The summed E-state index contributed by atoms with van der Waals surface area (Å²) in [5.74, 6) is -0.405. The highest BCUT2D eigenvalue weighted by Crippen LogP contribution is 2.29. The average molecular weight is 370 g/mol. The van der Waals surface area contributed by atoms with Crippen LogP contribution in [-0.4, -0.2) is 33.7 Å². The van der Waals surface area contributed by atoms with Crippen molar-refractivity contribution in [2.45, 2.75) is 12.8 Å². The van der Waals surface area contributed by atoms with Crippen LogP contribution in [0.15, 0.2) is 54.6 Å². The molecule has 4 rings (SSSR count). The molecule has 0 unspecified atom stereocenters. The van der Waals surface area contributed by atoms with E-state index in [1.54, 1.807) is 28.9 Å². The van der Waals surface area contributed by atoms with Gasteiger partial charge in [0, 0.05) is 18.7 Å². The van der Waals surface area contributed by atoms with E-state index in [1.165, 1.54) is 12.1 Å². The Labute approximate surface area is 155 Å². The Kier molecular flexibility index (Phi) is 4.47. The van der Waals surface area contributed by atoms with Crippen molar-refractivity contribution >= 4 is 17.5 Å². The zero-order valence-electron chi connectivity index (χ0n) is 14.0. The van der Waals surface area contributed by atoms with E-state index >= 15 is 0 Å². The molecular formula is C20H17ClFN3O. The van der Waals surface area contributed by atoms with E-state index in [4.69, 9.17) is 11.6 Å². The van der Waals surface area contributed by atoms with Crippen LogP contribution in [0.2, 0.25) is 5.02 Å². The van der Waals surface area contributed by atoms with Crippen LogP contribution >= 0.6 is 11.6 Å². The van der Waals surface area contributed by atoms with Crippen molar-refractivity contribution in [3.63, 3.8) is 0 Å². The zero-order valence-corrected chi connectivity index (χ0v) is 14.8. The van der Waals surface area contributed by atoms with Crippen LogP contribution in [0.25, 0.3) is 16.9 Å². The molecule has 1 aliphatic heterocycles. The minimum Gasteiger partial charge on any atom is -0.337 e. The highest BCUT2D eigenvalue weighted by molar-refractivity contribution is 6.33. The fourth-order valence-electron chi connectivity index (χ4n) is 3.20. The molecule has 0 atom stereocenters. The summed E-state index contributed by atoms with van der Waals surface area (Å²) in [5.41, 5.74) is 2.45. The number of amides is 1. The zero-order chi connectivity index (χ0) is 18.1. The number of aromatic nitrogens is 2. The van der Waals surface area contributed by atoms with Gasteiger partial charge in [-0.15, -0.1) is 0 Å². The van der Waals surface area contributed by atoms with Gasteiger partial charge in [0.2, 0.25) is 0 Å². The maximum atomic E-state index is 13.3. The molecule has 6 heteroatoms. The first kappa shape index (κ1) is 16.8. The van der Waals surface area contributed by atoms with Crippen LogP contribution in [0.5, 0.6) is 0 Å². The molecule has 26 heavy (non-hydrogen) atoms. The number of carbonyl (C=O) groups excluding carboxylic acids is 1. The highest BCUT2D eigenvalue weighted by atomic mass is 35.5. The minimum absolute atomic E-state index is 0.0716. The monoisotopic (exact) mass is 369 g/mol. The Morgan fingerprint density at radius 1 is 1.04 bits per heavy atom. The van der Waals surface area contributed by atoms with E-state index in [0.717, 1.165) is 31.5 Å². The minimum atomic E-state index is -0.334. The number of likely N-dealkylation sites (tertiary alicyclic amines) is 1.